The highest BCUT2D eigenvalue weighted by Crippen LogP contribution is 2.37. The van der Waals surface area contributed by atoms with Crippen molar-refractivity contribution < 1.29 is 5.11 Å². The van der Waals surface area contributed by atoms with E-state index >= 15 is 0 Å². The van der Waals surface area contributed by atoms with Crippen LogP contribution in [0.5, 0.6) is 0 Å². The van der Waals surface area contributed by atoms with Gasteiger partial charge in [0, 0.05) is 18.0 Å². The standard InChI is InChI=1S/C9H17NO/c1-5-3-7-4-8(11)9(5)6(2)10-7/h5-11H,3-4H2,1-2H3. The highest BCUT2D eigenvalue weighted by molar-refractivity contribution is 4.98. The second kappa shape index (κ2) is 2.46. The third-order valence-electron chi connectivity index (χ3n) is 3.36. The maximum atomic E-state index is 9.70. The highest BCUT2D eigenvalue weighted by Gasteiger charge is 2.43. The molecule has 0 amide bonds. The maximum absolute atomic E-state index is 9.70. The first-order valence-electron chi connectivity index (χ1n) is 4.62. The lowest BCUT2D eigenvalue weighted by molar-refractivity contribution is -0.0345. The van der Waals surface area contributed by atoms with E-state index in [-0.39, 0.29) is 6.10 Å². The average Bonchev–Trinajstić information content (AvgIpc) is 1.82. The van der Waals surface area contributed by atoms with Gasteiger partial charge in [-0.25, -0.2) is 0 Å². The van der Waals surface area contributed by atoms with Gasteiger partial charge in [0.1, 0.15) is 0 Å². The SMILES string of the molecule is CC1CC2CC(O)C1C(C)N2. The van der Waals surface area contributed by atoms with Crippen molar-refractivity contribution >= 4 is 0 Å². The van der Waals surface area contributed by atoms with E-state index in [1.807, 2.05) is 0 Å². The summed E-state index contributed by atoms with van der Waals surface area (Å²) in [6, 6.07) is 1.10. The average molecular weight is 155 g/mol. The molecule has 2 N–H and O–H groups in total. The molecule has 2 saturated heterocycles. The van der Waals surface area contributed by atoms with E-state index < -0.39 is 0 Å². The number of aliphatic hydroxyl groups excluding tert-OH is 1. The molecule has 3 rings (SSSR count). The fourth-order valence-electron chi connectivity index (χ4n) is 2.98. The van der Waals surface area contributed by atoms with Gasteiger partial charge in [-0.1, -0.05) is 6.92 Å². The lowest BCUT2D eigenvalue weighted by Crippen LogP contribution is -2.60. The number of rotatable bonds is 0. The van der Waals surface area contributed by atoms with Gasteiger partial charge >= 0.3 is 0 Å². The summed E-state index contributed by atoms with van der Waals surface area (Å²) in [6.07, 6.45) is 2.19. The van der Waals surface area contributed by atoms with E-state index in [0.717, 1.165) is 6.42 Å². The molecule has 1 aliphatic carbocycles. The number of piperidine rings is 2. The van der Waals surface area contributed by atoms with Crippen LogP contribution in [0.1, 0.15) is 26.7 Å². The van der Waals surface area contributed by atoms with Crippen LogP contribution in [0.15, 0.2) is 0 Å². The van der Waals surface area contributed by atoms with Gasteiger partial charge in [-0.3, -0.25) is 0 Å². The quantitative estimate of drug-likeness (QED) is 0.541. The van der Waals surface area contributed by atoms with Gasteiger partial charge in [0.25, 0.3) is 0 Å². The number of aliphatic hydroxyl groups is 1. The highest BCUT2D eigenvalue weighted by atomic mass is 16.3. The van der Waals surface area contributed by atoms with Gasteiger partial charge in [-0.2, -0.15) is 0 Å². The van der Waals surface area contributed by atoms with Crippen LogP contribution < -0.4 is 5.32 Å². The van der Waals surface area contributed by atoms with Gasteiger partial charge in [-0.05, 0) is 25.7 Å². The molecule has 2 nitrogen and oxygen atoms in total. The summed E-state index contributed by atoms with van der Waals surface area (Å²) >= 11 is 0. The van der Waals surface area contributed by atoms with Crippen LogP contribution in [0.3, 0.4) is 0 Å². The molecule has 11 heavy (non-hydrogen) atoms. The van der Waals surface area contributed by atoms with Crippen molar-refractivity contribution in [1.29, 1.82) is 0 Å². The van der Waals surface area contributed by atoms with Crippen molar-refractivity contribution in [2.24, 2.45) is 11.8 Å². The van der Waals surface area contributed by atoms with Crippen molar-refractivity contribution in [3.8, 4) is 0 Å². The van der Waals surface area contributed by atoms with Crippen LogP contribution in [-0.2, 0) is 0 Å². The lowest BCUT2D eigenvalue weighted by atomic mass is 9.68. The predicted molar refractivity (Wildman–Crippen MR) is 44.3 cm³/mol. The summed E-state index contributed by atoms with van der Waals surface area (Å²) in [5.74, 6) is 1.21. The van der Waals surface area contributed by atoms with Crippen LogP contribution >= 0.6 is 0 Å². The zero-order chi connectivity index (χ0) is 8.01. The van der Waals surface area contributed by atoms with E-state index in [0.29, 0.717) is 23.9 Å². The fourth-order valence-corrected chi connectivity index (χ4v) is 2.98. The number of nitrogens with one attached hydrogen (secondary N) is 1. The van der Waals surface area contributed by atoms with Gasteiger partial charge < -0.3 is 10.4 Å². The van der Waals surface area contributed by atoms with Crippen molar-refractivity contribution in [2.45, 2.75) is 44.9 Å². The van der Waals surface area contributed by atoms with Gasteiger partial charge in [-0.15, -0.1) is 0 Å². The van der Waals surface area contributed by atoms with Gasteiger partial charge in [0.15, 0.2) is 0 Å². The summed E-state index contributed by atoms with van der Waals surface area (Å²) in [5, 5.41) is 13.2. The van der Waals surface area contributed by atoms with Crippen molar-refractivity contribution in [3.63, 3.8) is 0 Å². The normalized spacial score (nSPS) is 56.5. The van der Waals surface area contributed by atoms with E-state index in [1.165, 1.54) is 6.42 Å². The van der Waals surface area contributed by atoms with Crippen LogP contribution in [0.25, 0.3) is 0 Å². The molecule has 2 heteroatoms. The Labute approximate surface area is 68.0 Å². The Bertz CT molecular complexity index is 131. The summed E-state index contributed by atoms with van der Waals surface area (Å²) in [6.45, 7) is 4.45. The zero-order valence-electron chi connectivity index (χ0n) is 7.25. The molecule has 2 bridgehead atoms. The maximum Gasteiger partial charge on any atom is 0.0600 e. The first-order chi connectivity index (χ1) is 5.18. The Morgan fingerprint density at radius 3 is 2.36 bits per heavy atom. The van der Waals surface area contributed by atoms with E-state index in [1.54, 1.807) is 0 Å². The summed E-state index contributed by atoms with van der Waals surface area (Å²) in [5.41, 5.74) is 0. The molecule has 64 valence electrons. The van der Waals surface area contributed by atoms with Crippen molar-refractivity contribution in [3.05, 3.63) is 0 Å². The zero-order valence-corrected chi connectivity index (χ0v) is 7.25. The number of hydrogen-bond acceptors (Lipinski definition) is 2. The smallest absolute Gasteiger partial charge is 0.0600 e. The minimum absolute atomic E-state index is 0.0417. The molecule has 2 aliphatic heterocycles. The molecule has 5 atom stereocenters. The molecule has 0 aromatic rings. The summed E-state index contributed by atoms with van der Waals surface area (Å²) < 4.78 is 0. The fraction of sp³-hybridized carbons (Fsp3) is 1.00. The van der Waals surface area contributed by atoms with Crippen LogP contribution in [-0.4, -0.2) is 23.3 Å². The van der Waals surface area contributed by atoms with Gasteiger partial charge in [0.2, 0.25) is 0 Å². The molecule has 0 aromatic carbocycles. The first kappa shape index (κ1) is 7.56. The molecule has 0 radical (unpaired) electrons. The monoisotopic (exact) mass is 155 g/mol. The van der Waals surface area contributed by atoms with Crippen molar-refractivity contribution in [2.75, 3.05) is 0 Å². The summed E-state index contributed by atoms with van der Waals surface area (Å²) in [4.78, 5) is 0. The van der Waals surface area contributed by atoms with E-state index in [4.69, 9.17) is 0 Å². The third-order valence-corrected chi connectivity index (χ3v) is 3.36. The predicted octanol–water partition coefficient (Wildman–Crippen LogP) is 0.754. The van der Waals surface area contributed by atoms with Crippen LogP contribution in [0.2, 0.25) is 0 Å². The Morgan fingerprint density at radius 2 is 2.00 bits per heavy atom. The third kappa shape index (κ3) is 1.09. The minimum Gasteiger partial charge on any atom is -0.393 e. The van der Waals surface area contributed by atoms with Gasteiger partial charge in [0.05, 0.1) is 6.10 Å². The second-order valence-corrected chi connectivity index (χ2v) is 4.25. The summed E-state index contributed by atoms with van der Waals surface area (Å²) in [7, 11) is 0. The Kier molecular flexibility index (Phi) is 1.69. The molecule has 1 saturated carbocycles. The minimum atomic E-state index is -0.0417. The van der Waals surface area contributed by atoms with Crippen LogP contribution in [0, 0.1) is 11.8 Å². The number of fused-ring (bicyclic) bond motifs is 3. The Hall–Kier alpha value is -0.0800. The van der Waals surface area contributed by atoms with E-state index in [9.17, 15) is 5.11 Å². The molecular weight excluding hydrogens is 138 g/mol. The Balaban J connectivity index is 2.16. The largest absolute Gasteiger partial charge is 0.393 e. The van der Waals surface area contributed by atoms with Crippen molar-refractivity contribution in [1.82, 2.24) is 5.32 Å². The molecule has 0 spiro atoms. The van der Waals surface area contributed by atoms with Crippen LogP contribution in [0.4, 0.5) is 0 Å². The second-order valence-electron chi connectivity index (χ2n) is 4.25. The molecule has 5 unspecified atom stereocenters. The molecule has 3 aliphatic rings. The Morgan fingerprint density at radius 1 is 1.27 bits per heavy atom. The van der Waals surface area contributed by atoms with E-state index in [2.05, 4.69) is 19.2 Å². The first-order valence-corrected chi connectivity index (χ1v) is 4.62. The molecule has 2 heterocycles. The molecule has 3 fully saturated rings. The molecular formula is C9H17NO. The number of hydrogen-bond donors (Lipinski definition) is 2. The topological polar surface area (TPSA) is 32.3 Å². The lowest BCUT2D eigenvalue weighted by Gasteiger charge is -2.49. The molecule has 0 aromatic heterocycles.